The third-order valence-corrected chi connectivity index (χ3v) is 3.63. The van der Waals surface area contributed by atoms with Gasteiger partial charge in [0.15, 0.2) is 0 Å². The molecule has 1 unspecified atom stereocenters. The molecule has 0 amide bonds. The molecular weight excluding hydrogens is 298 g/mol. The van der Waals surface area contributed by atoms with Crippen LogP contribution in [-0.2, 0) is 4.79 Å². The van der Waals surface area contributed by atoms with Gasteiger partial charge in [0.2, 0.25) is 0 Å². The first-order chi connectivity index (χ1) is 10.3. The molecule has 1 aliphatic rings. The SMILES string of the molecule is O=C1CCCCC1c1c([N+](=O)[O-])cc([N+](=O)[O-])cc1[N+](=O)[O-]. The van der Waals surface area contributed by atoms with Gasteiger partial charge in [0, 0.05) is 6.42 Å². The van der Waals surface area contributed by atoms with Crippen molar-refractivity contribution < 1.29 is 19.6 Å². The van der Waals surface area contributed by atoms with Crippen LogP contribution in [0.25, 0.3) is 0 Å². The van der Waals surface area contributed by atoms with Gasteiger partial charge in [-0.05, 0) is 12.8 Å². The van der Waals surface area contributed by atoms with Crippen LogP contribution in [0.1, 0.15) is 37.2 Å². The van der Waals surface area contributed by atoms with Crippen molar-refractivity contribution in [3.05, 3.63) is 48.0 Å². The molecule has 10 heteroatoms. The maximum Gasteiger partial charge on any atom is 0.287 e. The van der Waals surface area contributed by atoms with Gasteiger partial charge >= 0.3 is 0 Å². The molecule has 0 radical (unpaired) electrons. The number of nitro benzene ring substituents is 3. The van der Waals surface area contributed by atoms with E-state index in [0.29, 0.717) is 25.0 Å². The number of benzene rings is 1. The van der Waals surface area contributed by atoms with Crippen LogP contribution >= 0.6 is 0 Å². The second kappa shape index (κ2) is 5.84. The molecule has 1 atom stereocenters. The van der Waals surface area contributed by atoms with Gasteiger partial charge in [0.25, 0.3) is 17.1 Å². The molecule has 0 saturated heterocycles. The molecular formula is C12H11N3O7. The third-order valence-electron chi connectivity index (χ3n) is 3.63. The highest BCUT2D eigenvalue weighted by atomic mass is 16.6. The Balaban J connectivity index is 2.73. The van der Waals surface area contributed by atoms with Crippen LogP contribution in [0.4, 0.5) is 17.1 Å². The Morgan fingerprint density at radius 2 is 1.45 bits per heavy atom. The van der Waals surface area contributed by atoms with E-state index in [9.17, 15) is 35.1 Å². The van der Waals surface area contributed by atoms with Crippen LogP contribution in [0.2, 0.25) is 0 Å². The van der Waals surface area contributed by atoms with Gasteiger partial charge in [-0.25, -0.2) is 0 Å². The van der Waals surface area contributed by atoms with E-state index in [1.807, 2.05) is 0 Å². The first-order valence-electron chi connectivity index (χ1n) is 6.46. The van der Waals surface area contributed by atoms with Gasteiger partial charge in [-0.15, -0.1) is 0 Å². The van der Waals surface area contributed by atoms with Crippen molar-refractivity contribution in [3.8, 4) is 0 Å². The summed E-state index contributed by atoms with van der Waals surface area (Å²) in [6, 6.07) is 1.34. The Bertz CT molecular complexity index is 650. The molecule has 0 heterocycles. The molecule has 1 aliphatic carbocycles. The van der Waals surface area contributed by atoms with E-state index >= 15 is 0 Å². The highest BCUT2D eigenvalue weighted by Gasteiger charge is 2.38. The average molecular weight is 309 g/mol. The van der Waals surface area contributed by atoms with E-state index in [-0.39, 0.29) is 24.2 Å². The zero-order valence-electron chi connectivity index (χ0n) is 11.3. The number of rotatable bonds is 4. The molecule has 10 nitrogen and oxygen atoms in total. The predicted octanol–water partition coefficient (Wildman–Crippen LogP) is 2.64. The minimum absolute atomic E-state index is 0.190. The highest BCUT2D eigenvalue weighted by Crippen LogP contribution is 2.42. The lowest BCUT2D eigenvalue weighted by atomic mass is 9.81. The van der Waals surface area contributed by atoms with Crippen LogP contribution in [-0.4, -0.2) is 20.6 Å². The van der Waals surface area contributed by atoms with E-state index in [1.54, 1.807) is 0 Å². The monoisotopic (exact) mass is 309 g/mol. The Hall–Kier alpha value is -2.91. The van der Waals surface area contributed by atoms with Gasteiger partial charge in [-0.1, -0.05) is 6.42 Å². The van der Waals surface area contributed by atoms with Crippen LogP contribution in [0, 0.1) is 30.3 Å². The highest BCUT2D eigenvalue weighted by molar-refractivity contribution is 5.89. The van der Waals surface area contributed by atoms with Crippen molar-refractivity contribution >= 4 is 22.8 Å². The molecule has 1 aromatic carbocycles. The number of ketones is 1. The van der Waals surface area contributed by atoms with Crippen molar-refractivity contribution in [1.29, 1.82) is 0 Å². The quantitative estimate of drug-likeness (QED) is 0.613. The molecule has 0 spiro atoms. The summed E-state index contributed by atoms with van der Waals surface area (Å²) in [5.74, 6) is -1.28. The molecule has 0 aliphatic heterocycles. The molecule has 2 rings (SSSR count). The summed E-state index contributed by atoms with van der Waals surface area (Å²) < 4.78 is 0. The van der Waals surface area contributed by atoms with E-state index in [4.69, 9.17) is 0 Å². The zero-order valence-corrected chi connectivity index (χ0v) is 11.3. The molecule has 0 bridgehead atoms. The topological polar surface area (TPSA) is 146 Å². The predicted molar refractivity (Wildman–Crippen MR) is 72.6 cm³/mol. The van der Waals surface area contributed by atoms with Crippen LogP contribution in [0.15, 0.2) is 12.1 Å². The summed E-state index contributed by atoms with van der Waals surface area (Å²) in [5, 5.41) is 33.1. The molecule has 1 aromatic rings. The lowest BCUT2D eigenvalue weighted by molar-refractivity contribution is -0.404. The number of nitrogens with zero attached hydrogens (tertiary/aromatic N) is 3. The van der Waals surface area contributed by atoms with Gasteiger partial charge < -0.3 is 0 Å². The molecule has 116 valence electrons. The van der Waals surface area contributed by atoms with E-state index in [0.717, 1.165) is 0 Å². The van der Waals surface area contributed by atoms with E-state index in [2.05, 4.69) is 0 Å². The van der Waals surface area contributed by atoms with E-state index in [1.165, 1.54) is 0 Å². The van der Waals surface area contributed by atoms with Crippen molar-refractivity contribution in [2.75, 3.05) is 0 Å². The van der Waals surface area contributed by atoms with E-state index < -0.39 is 37.7 Å². The Kier molecular flexibility index (Phi) is 4.11. The van der Waals surface area contributed by atoms with Crippen molar-refractivity contribution in [1.82, 2.24) is 0 Å². The fourth-order valence-corrected chi connectivity index (χ4v) is 2.66. The Labute approximate surface area is 123 Å². The van der Waals surface area contributed by atoms with Gasteiger partial charge in [0.05, 0.1) is 32.8 Å². The molecule has 1 fully saturated rings. The van der Waals surface area contributed by atoms with Crippen molar-refractivity contribution in [2.45, 2.75) is 31.6 Å². The number of Topliss-reactive ketones (excluding diaryl/α,β-unsaturated/α-hetero) is 1. The molecule has 22 heavy (non-hydrogen) atoms. The Morgan fingerprint density at radius 1 is 0.909 bits per heavy atom. The van der Waals surface area contributed by atoms with Crippen molar-refractivity contribution in [3.63, 3.8) is 0 Å². The fraction of sp³-hybridized carbons (Fsp3) is 0.417. The van der Waals surface area contributed by atoms with Crippen LogP contribution < -0.4 is 0 Å². The Morgan fingerprint density at radius 3 is 1.86 bits per heavy atom. The maximum atomic E-state index is 12.0. The van der Waals surface area contributed by atoms with Crippen molar-refractivity contribution in [2.24, 2.45) is 0 Å². The second-order valence-electron chi connectivity index (χ2n) is 4.93. The maximum absolute atomic E-state index is 12.0. The normalized spacial score (nSPS) is 18.0. The summed E-state index contributed by atoms with van der Waals surface area (Å²) in [6.45, 7) is 0. The zero-order chi connectivity index (χ0) is 16.4. The minimum atomic E-state index is -0.963. The standard InChI is InChI=1S/C12H11N3O7/c16-11-4-2-1-3-8(11)12-9(14(19)20)5-7(13(17)18)6-10(12)15(21)22/h5-6,8H,1-4H2. The summed E-state index contributed by atoms with van der Waals surface area (Å²) in [5.41, 5.74) is -2.57. The third kappa shape index (κ3) is 2.75. The number of non-ortho nitro benzene ring substituents is 1. The fourth-order valence-electron chi connectivity index (χ4n) is 2.66. The minimum Gasteiger partial charge on any atom is -0.299 e. The molecule has 0 N–H and O–H groups in total. The molecule has 1 saturated carbocycles. The first kappa shape index (κ1) is 15.5. The number of carbonyl (C=O) groups excluding carboxylic acids is 1. The summed E-state index contributed by atoms with van der Waals surface area (Å²) in [6.07, 6.45) is 1.69. The summed E-state index contributed by atoms with van der Waals surface area (Å²) in [7, 11) is 0. The van der Waals surface area contributed by atoms with Gasteiger partial charge in [-0.3, -0.25) is 35.1 Å². The number of carbonyl (C=O) groups is 1. The van der Waals surface area contributed by atoms with Gasteiger partial charge in [0.1, 0.15) is 11.3 Å². The number of hydrogen-bond acceptors (Lipinski definition) is 7. The largest absolute Gasteiger partial charge is 0.299 e. The summed E-state index contributed by atoms with van der Waals surface area (Å²) in [4.78, 5) is 42.3. The average Bonchev–Trinajstić information content (AvgIpc) is 2.46. The smallest absolute Gasteiger partial charge is 0.287 e. The van der Waals surface area contributed by atoms with Crippen LogP contribution in [0.5, 0.6) is 0 Å². The summed E-state index contributed by atoms with van der Waals surface area (Å²) >= 11 is 0. The lowest BCUT2D eigenvalue weighted by Crippen LogP contribution is -2.19. The van der Waals surface area contributed by atoms with Gasteiger partial charge in [-0.2, -0.15) is 0 Å². The first-order valence-corrected chi connectivity index (χ1v) is 6.46. The lowest BCUT2D eigenvalue weighted by Gasteiger charge is -2.20. The second-order valence-corrected chi connectivity index (χ2v) is 4.93. The number of nitro groups is 3. The van der Waals surface area contributed by atoms with Crippen LogP contribution in [0.3, 0.4) is 0 Å². The molecule has 0 aromatic heterocycles. The number of hydrogen-bond donors (Lipinski definition) is 0.